The molecule has 0 amide bonds. The van der Waals surface area contributed by atoms with Crippen LogP contribution in [0.25, 0.3) is 11.3 Å². The standard InChI is InChI=1S/C11H11NO/c1-2-10-5-6-11(13-10)9-4-3-7-12-8-9/h3-8H,2H2,1H3. The third-order valence-corrected chi connectivity index (χ3v) is 1.96. The summed E-state index contributed by atoms with van der Waals surface area (Å²) in [5, 5.41) is 0. The van der Waals surface area contributed by atoms with E-state index in [2.05, 4.69) is 11.9 Å². The number of aryl methyl sites for hydroxylation is 1. The van der Waals surface area contributed by atoms with Crippen LogP contribution < -0.4 is 0 Å². The molecule has 0 radical (unpaired) electrons. The Labute approximate surface area is 77.2 Å². The zero-order chi connectivity index (χ0) is 9.10. The van der Waals surface area contributed by atoms with E-state index in [1.807, 2.05) is 24.3 Å². The highest BCUT2D eigenvalue weighted by Crippen LogP contribution is 2.20. The van der Waals surface area contributed by atoms with Crippen LogP contribution in [0.4, 0.5) is 0 Å². The van der Waals surface area contributed by atoms with Gasteiger partial charge in [-0.1, -0.05) is 6.92 Å². The molecular weight excluding hydrogens is 162 g/mol. The van der Waals surface area contributed by atoms with Crippen LogP contribution >= 0.6 is 0 Å². The predicted molar refractivity (Wildman–Crippen MR) is 51.3 cm³/mol. The van der Waals surface area contributed by atoms with Crippen LogP contribution in [0, 0.1) is 0 Å². The molecule has 0 aliphatic rings. The molecule has 0 unspecified atom stereocenters. The van der Waals surface area contributed by atoms with Gasteiger partial charge in [0.25, 0.3) is 0 Å². The monoisotopic (exact) mass is 173 g/mol. The second kappa shape index (κ2) is 3.44. The van der Waals surface area contributed by atoms with E-state index >= 15 is 0 Å². The Morgan fingerprint density at radius 1 is 1.31 bits per heavy atom. The largest absolute Gasteiger partial charge is 0.461 e. The van der Waals surface area contributed by atoms with E-state index in [1.165, 1.54) is 0 Å². The molecule has 2 rings (SSSR count). The molecule has 0 saturated heterocycles. The summed E-state index contributed by atoms with van der Waals surface area (Å²) in [4.78, 5) is 4.04. The summed E-state index contributed by atoms with van der Waals surface area (Å²) in [6, 6.07) is 7.88. The third-order valence-electron chi connectivity index (χ3n) is 1.96. The van der Waals surface area contributed by atoms with Crippen LogP contribution in [0.15, 0.2) is 41.1 Å². The molecule has 2 nitrogen and oxygen atoms in total. The molecule has 0 aliphatic carbocycles. The lowest BCUT2D eigenvalue weighted by molar-refractivity contribution is 0.529. The average molecular weight is 173 g/mol. The normalized spacial score (nSPS) is 10.2. The van der Waals surface area contributed by atoms with Crippen molar-refractivity contribution in [2.45, 2.75) is 13.3 Å². The molecule has 0 spiro atoms. The van der Waals surface area contributed by atoms with E-state index in [9.17, 15) is 0 Å². The first-order chi connectivity index (χ1) is 6.40. The fourth-order valence-electron chi connectivity index (χ4n) is 1.23. The second-order valence-electron chi connectivity index (χ2n) is 2.86. The fraction of sp³-hybridized carbons (Fsp3) is 0.182. The van der Waals surface area contributed by atoms with Crippen molar-refractivity contribution in [1.82, 2.24) is 4.98 Å². The molecule has 66 valence electrons. The molecule has 0 atom stereocenters. The van der Waals surface area contributed by atoms with Crippen molar-refractivity contribution in [3.8, 4) is 11.3 Å². The summed E-state index contributed by atoms with van der Waals surface area (Å²) in [5.41, 5.74) is 1.03. The van der Waals surface area contributed by atoms with E-state index in [-0.39, 0.29) is 0 Å². The second-order valence-corrected chi connectivity index (χ2v) is 2.86. The zero-order valence-corrected chi connectivity index (χ0v) is 7.53. The van der Waals surface area contributed by atoms with E-state index in [4.69, 9.17) is 4.42 Å². The molecule has 13 heavy (non-hydrogen) atoms. The van der Waals surface area contributed by atoms with Crippen molar-refractivity contribution in [2.75, 3.05) is 0 Å². The topological polar surface area (TPSA) is 26.0 Å². The van der Waals surface area contributed by atoms with Crippen molar-refractivity contribution in [3.05, 3.63) is 42.4 Å². The average Bonchev–Trinajstić information content (AvgIpc) is 2.67. The lowest BCUT2D eigenvalue weighted by Crippen LogP contribution is -1.75. The van der Waals surface area contributed by atoms with Crippen LogP contribution in [-0.2, 0) is 6.42 Å². The highest BCUT2D eigenvalue weighted by atomic mass is 16.3. The van der Waals surface area contributed by atoms with Gasteiger partial charge in [0.05, 0.1) is 0 Å². The van der Waals surface area contributed by atoms with Gasteiger partial charge in [-0.15, -0.1) is 0 Å². The molecule has 2 aromatic heterocycles. The van der Waals surface area contributed by atoms with Gasteiger partial charge in [-0.05, 0) is 24.3 Å². The van der Waals surface area contributed by atoms with Gasteiger partial charge in [0.2, 0.25) is 0 Å². The van der Waals surface area contributed by atoms with Crippen molar-refractivity contribution >= 4 is 0 Å². The SMILES string of the molecule is CCc1ccc(-c2cccnc2)o1. The Kier molecular flexibility index (Phi) is 2.13. The molecule has 2 heterocycles. The number of nitrogens with zero attached hydrogens (tertiary/aromatic N) is 1. The molecule has 0 fully saturated rings. The summed E-state index contributed by atoms with van der Waals surface area (Å²) >= 11 is 0. The summed E-state index contributed by atoms with van der Waals surface area (Å²) in [5.74, 6) is 1.91. The minimum atomic E-state index is 0.893. The zero-order valence-electron chi connectivity index (χ0n) is 7.53. The van der Waals surface area contributed by atoms with Crippen LogP contribution in [-0.4, -0.2) is 4.98 Å². The van der Waals surface area contributed by atoms with Crippen molar-refractivity contribution in [2.24, 2.45) is 0 Å². The van der Waals surface area contributed by atoms with Gasteiger partial charge in [0.1, 0.15) is 11.5 Å². The van der Waals surface area contributed by atoms with Gasteiger partial charge in [-0.3, -0.25) is 4.98 Å². The molecule has 2 aromatic rings. The maximum absolute atomic E-state index is 5.58. The van der Waals surface area contributed by atoms with Gasteiger partial charge in [-0.2, -0.15) is 0 Å². The van der Waals surface area contributed by atoms with Gasteiger partial charge in [0.15, 0.2) is 0 Å². The minimum absolute atomic E-state index is 0.893. The van der Waals surface area contributed by atoms with E-state index in [0.29, 0.717) is 0 Å². The molecular formula is C11H11NO. The van der Waals surface area contributed by atoms with E-state index in [0.717, 1.165) is 23.5 Å². The third kappa shape index (κ3) is 1.61. The number of hydrogen-bond donors (Lipinski definition) is 0. The van der Waals surface area contributed by atoms with Crippen LogP contribution in [0.5, 0.6) is 0 Å². The van der Waals surface area contributed by atoms with E-state index < -0.39 is 0 Å². The van der Waals surface area contributed by atoms with Gasteiger partial charge >= 0.3 is 0 Å². The van der Waals surface area contributed by atoms with Crippen molar-refractivity contribution in [3.63, 3.8) is 0 Å². The number of pyridine rings is 1. The van der Waals surface area contributed by atoms with Gasteiger partial charge in [-0.25, -0.2) is 0 Å². The number of aromatic nitrogens is 1. The highest BCUT2D eigenvalue weighted by molar-refractivity contribution is 5.55. The molecule has 2 heteroatoms. The van der Waals surface area contributed by atoms with Gasteiger partial charge < -0.3 is 4.42 Å². The summed E-state index contributed by atoms with van der Waals surface area (Å²) in [6.07, 6.45) is 4.49. The highest BCUT2D eigenvalue weighted by Gasteiger charge is 2.01. The summed E-state index contributed by atoms with van der Waals surface area (Å²) < 4.78 is 5.58. The smallest absolute Gasteiger partial charge is 0.135 e. The Bertz CT molecular complexity index is 378. The maximum Gasteiger partial charge on any atom is 0.135 e. The van der Waals surface area contributed by atoms with Crippen LogP contribution in [0.2, 0.25) is 0 Å². The molecule has 0 aromatic carbocycles. The van der Waals surface area contributed by atoms with Crippen molar-refractivity contribution in [1.29, 1.82) is 0 Å². The Balaban J connectivity index is 2.36. The molecule has 0 N–H and O–H groups in total. The predicted octanol–water partition coefficient (Wildman–Crippen LogP) is 2.90. The fourth-order valence-corrected chi connectivity index (χ4v) is 1.23. The molecule has 0 bridgehead atoms. The molecule has 0 aliphatic heterocycles. The number of hydrogen-bond acceptors (Lipinski definition) is 2. The molecule has 0 saturated carbocycles. The number of furan rings is 1. The lowest BCUT2D eigenvalue weighted by atomic mass is 10.2. The Morgan fingerprint density at radius 2 is 2.23 bits per heavy atom. The summed E-state index contributed by atoms with van der Waals surface area (Å²) in [6.45, 7) is 2.08. The number of rotatable bonds is 2. The first kappa shape index (κ1) is 8.05. The van der Waals surface area contributed by atoms with Gasteiger partial charge in [0, 0.05) is 24.4 Å². The maximum atomic E-state index is 5.58. The minimum Gasteiger partial charge on any atom is -0.461 e. The first-order valence-corrected chi connectivity index (χ1v) is 4.39. The Hall–Kier alpha value is -1.57. The van der Waals surface area contributed by atoms with E-state index in [1.54, 1.807) is 12.4 Å². The Morgan fingerprint density at radius 3 is 2.85 bits per heavy atom. The first-order valence-electron chi connectivity index (χ1n) is 4.39. The summed E-state index contributed by atoms with van der Waals surface area (Å²) in [7, 11) is 0. The van der Waals surface area contributed by atoms with Crippen molar-refractivity contribution < 1.29 is 4.42 Å². The van der Waals surface area contributed by atoms with Crippen LogP contribution in [0.1, 0.15) is 12.7 Å². The lowest BCUT2D eigenvalue weighted by Gasteiger charge is -1.94. The quantitative estimate of drug-likeness (QED) is 0.697. The van der Waals surface area contributed by atoms with Crippen LogP contribution in [0.3, 0.4) is 0 Å².